The molecule has 0 saturated heterocycles. The van der Waals surface area contributed by atoms with Gasteiger partial charge in [0.15, 0.2) is 0 Å². The topological polar surface area (TPSA) is 47.3 Å². The summed E-state index contributed by atoms with van der Waals surface area (Å²) in [5, 5.41) is 14.4. The summed E-state index contributed by atoms with van der Waals surface area (Å²) < 4.78 is 21.1. The Balaban J connectivity index is 2.26. The molecule has 0 aliphatic rings. The highest BCUT2D eigenvalue weighted by Crippen LogP contribution is 2.29. The van der Waals surface area contributed by atoms with E-state index in [2.05, 4.69) is 5.10 Å². The van der Waals surface area contributed by atoms with E-state index in [1.54, 1.807) is 14.0 Å². The predicted octanol–water partition coefficient (Wildman–Crippen LogP) is 5.41. The Labute approximate surface area is 154 Å². The van der Waals surface area contributed by atoms with Crippen LogP contribution in [0.5, 0.6) is 5.75 Å². The Morgan fingerprint density at radius 3 is 2.54 bits per heavy atom. The first-order chi connectivity index (χ1) is 12.3. The van der Waals surface area contributed by atoms with E-state index in [4.69, 9.17) is 4.74 Å². The molecule has 140 valence electrons. The summed E-state index contributed by atoms with van der Waals surface area (Å²) in [5.74, 6) is 0.743. The largest absolute Gasteiger partial charge is 0.512 e. The molecule has 0 saturated carbocycles. The molecule has 0 radical (unpaired) electrons. The average Bonchev–Trinajstić information content (AvgIpc) is 2.89. The van der Waals surface area contributed by atoms with Crippen LogP contribution in [0.15, 0.2) is 41.2 Å². The first kappa shape index (κ1) is 19.8. The first-order valence-electron chi connectivity index (χ1n) is 8.77. The minimum atomic E-state index is -0.329. The van der Waals surface area contributed by atoms with Gasteiger partial charge in [0.05, 0.1) is 11.5 Å². The quantitative estimate of drug-likeness (QED) is 0.555. The van der Waals surface area contributed by atoms with E-state index in [1.165, 1.54) is 4.68 Å². The van der Waals surface area contributed by atoms with Crippen LogP contribution in [0, 0.1) is 19.8 Å². The number of benzene rings is 1. The second-order valence-corrected chi connectivity index (χ2v) is 6.41. The van der Waals surface area contributed by atoms with Gasteiger partial charge in [0.1, 0.15) is 12.4 Å². The van der Waals surface area contributed by atoms with E-state index < -0.39 is 0 Å². The third kappa shape index (κ3) is 3.98. The number of hydrogen-bond acceptors (Lipinski definition) is 3. The van der Waals surface area contributed by atoms with Crippen molar-refractivity contribution >= 4 is 0 Å². The Morgan fingerprint density at radius 1 is 1.35 bits per heavy atom. The molecular weight excluding hydrogens is 331 g/mol. The van der Waals surface area contributed by atoms with Crippen LogP contribution in [0.2, 0.25) is 0 Å². The second kappa shape index (κ2) is 8.21. The lowest BCUT2D eigenvalue weighted by Gasteiger charge is -2.14. The van der Waals surface area contributed by atoms with Crippen LogP contribution in [0.1, 0.15) is 38.3 Å². The SMILES string of the molecule is C/C=C(C)\C(COc1ccc(-c2nn(C)c(F)c2C)cc1C)=C(\O)CC. The third-order valence-electron chi connectivity index (χ3n) is 4.61. The van der Waals surface area contributed by atoms with Crippen LogP contribution >= 0.6 is 0 Å². The van der Waals surface area contributed by atoms with Crippen LogP contribution in [-0.4, -0.2) is 21.5 Å². The van der Waals surface area contributed by atoms with Gasteiger partial charge in [-0.3, -0.25) is 0 Å². The molecule has 5 heteroatoms. The van der Waals surface area contributed by atoms with Gasteiger partial charge in [0.25, 0.3) is 0 Å². The fraction of sp³-hybridized carbons (Fsp3) is 0.381. The number of aliphatic hydroxyl groups is 1. The lowest BCUT2D eigenvalue weighted by Crippen LogP contribution is -2.06. The van der Waals surface area contributed by atoms with Crippen LogP contribution < -0.4 is 4.74 Å². The standard InChI is InChI=1S/C21H27FN2O2/c1-7-13(3)17(18(25)8-2)12-26-19-10-9-16(11-14(19)4)20-15(5)21(22)24(6)23-20/h7,9-11,25H,8,12H2,1-6H3/b13-7-,18-17+. The number of nitrogens with zero attached hydrogens (tertiary/aromatic N) is 2. The van der Waals surface area contributed by atoms with Gasteiger partial charge in [-0.05, 0) is 57.0 Å². The minimum Gasteiger partial charge on any atom is -0.512 e. The van der Waals surface area contributed by atoms with Crippen molar-refractivity contribution in [2.75, 3.05) is 6.61 Å². The molecule has 1 heterocycles. The number of halogens is 1. The van der Waals surface area contributed by atoms with E-state index in [0.717, 1.165) is 28.0 Å². The number of rotatable bonds is 6. The average molecular weight is 358 g/mol. The summed E-state index contributed by atoms with van der Waals surface area (Å²) in [5.41, 5.74) is 4.75. The summed E-state index contributed by atoms with van der Waals surface area (Å²) in [4.78, 5) is 0. The van der Waals surface area contributed by atoms with E-state index >= 15 is 0 Å². The molecule has 1 N–H and O–H groups in total. The van der Waals surface area contributed by atoms with Crippen LogP contribution in [0.25, 0.3) is 11.3 Å². The maximum atomic E-state index is 13.9. The van der Waals surface area contributed by atoms with Crippen molar-refractivity contribution in [3.63, 3.8) is 0 Å². The molecular formula is C21H27FN2O2. The number of allylic oxidation sites excluding steroid dienone is 2. The Hall–Kier alpha value is -2.56. The molecule has 0 amide bonds. The normalized spacial score (nSPS) is 13.0. The van der Waals surface area contributed by atoms with Crippen LogP contribution in [-0.2, 0) is 7.05 Å². The molecule has 0 aliphatic carbocycles. The molecule has 1 aromatic heterocycles. The lowest BCUT2D eigenvalue weighted by molar-refractivity contribution is 0.328. The molecule has 1 aromatic carbocycles. The maximum absolute atomic E-state index is 13.9. The summed E-state index contributed by atoms with van der Waals surface area (Å²) in [7, 11) is 1.59. The van der Waals surface area contributed by atoms with Gasteiger partial charge >= 0.3 is 0 Å². The number of aromatic nitrogens is 2. The highest BCUT2D eigenvalue weighted by atomic mass is 19.1. The van der Waals surface area contributed by atoms with Gasteiger partial charge < -0.3 is 9.84 Å². The van der Waals surface area contributed by atoms with Crippen molar-refractivity contribution in [1.29, 1.82) is 0 Å². The van der Waals surface area contributed by atoms with Gasteiger partial charge in [0.2, 0.25) is 5.95 Å². The Kier molecular flexibility index (Phi) is 6.24. The summed E-state index contributed by atoms with van der Waals surface area (Å²) >= 11 is 0. The van der Waals surface area contributed by atoms with Gasteiger partial charge in [0, 0.05) is 30.2 Å². The molecule has 26 heavy (non-hydrogen) atoms. The Morgan fingerprint density at radius 2 is 2.04 bits per heavy atom. The highest BCUT2D eigenvalue weighted by Gasteiger charge is 2.15. The van der Waals surface area contributed by atoms with Crippen molar-refractivity contribution in [1.82, 2.24) is 9.78 Å². The monoisotopic (exact) mass is 358 g/mol. The molecule has 0 spiro atoms. The van der Waals surface area contributed by atoms with Gasteiger partial charge in [-0.15, -0.1) is 0 Å². The van der Waals surface area contributed by atoms with Crippen molar-refractivity contribution in [2.45, 2.75) is 41.0 Å². The van der Waals surface area contributed by atoms with Gasteiger partial charge in [-0.2, -0.15) is 9.49 Å². The highest BCUT2D eigenvalue weighted by molar-refractivity contribution is 5.65. The molecule has 0 aliphatic heterocycles. The molecule has 0 bridgehead atoms. The minimum absolute atomic E-state index is 0.299. The summed E-state index contributed by atoms with van der Waals surface area (Å²) in [6.45, 7) is 9.77. The zero-order valence-corrected chi connectivity index (χ0v) is 16.4. The zero-order valence-electron chi connectivity index (χ0n) is 16.4. The smallest absolute Gasteiger partial charge is 0.214 e. The van der Waals surface area contributed by atoms with Gasteiger partial charge in [-0.1, -0.05) is 13.0 Å². The first-order valence-corrected chi connectivity index (χ1v) is 8.77. The summed E-state index contributed by atoms with van der Waals surface area (Å²) in [6.07, 6.45) is 2.52. The van der Waals surface area contributed by atoms with Crippen LogP contribution in [0.3, 0.4) is 0 Å². The zero-order chi connectivity index (χ0) is 19.4. The van der Waals surface area contributed by atoms with E-state index in [0.29, 0.717) is 30.0 Å². The van der Waals surface area contributed by atoms with E-state index in [9.17, 15) is 9.50 Å². The van der Waals surface area contributed by atoms with Gasteiger partial charge in [-0.25, -0.2) is 4.68 Å². The Bertz CT molecular complexity index is 863. The summed E-state index contributed by atoms with van der Waals surface area (Å²) in [6, 6.07) is 5.68. The van der Waals surface area contributed by atoms with E-state index in [1.807, 2.05) is 52.0 Å². The predicted molar refractivity (Wildman–Crippen MR) is 103 cm³/mol. The molecule has 4 nitrogen and oxygen atoms in total. The van der Waals surface area contributed by atoms with Crippen LogP contribution in [0.4, 0.5) is 4.39 Å². The number of aryl methyl sites for hydroxylation is 2. The number of hydrogen-bond donors (Lipinski definition) is 1. The fourth-order valence-electron chi connectivity index (χ4n) is 2.80. The van der Waals surface area contributed by atoms with Crippen molar-refractivity contribution in [3.8, 4) is 17.0 Å². The lowest BCUT2D eigenvalue weighted by atomic mass is 10.0. The molecule has 0 atom stereocenters. The van der Waals surface area contributed by atoms with Crippen molar-refractivity contribution in [2.24, 2.45) is 7.05 Å². The number of ether oxygens (including phenoxy) is 1. The molecule has 0 unspecified atom stereocenters. The number of aliphatic hydroxyl groups excluding tert-OH is 1. The van der Waals surface area contributed by atoms with E-state index in [-0.39, 0.29) is 5.95 Å². The van der Waals surface area contributed by atoms with Crippen molar-refractivity contribution < 1.29 is 14.2 Å². The molecule has 0 fully saturated rings. The molecule has 2 aromatic rings. The fourth-order valence-corrected chi connectivity index (χ4v) is 2.80. The van der Waals surface area contributed by atoms with Crippen molar-refractivity contribution in [3.05, 3.63) is 58.3 Å². The maximum Gasteiger partial charge on any atom is 0.214 e. The third-order valence-corrected chi connectivity index (χ3v) is 4.61. The molecule has 2 rings (SSSR count). The second-order valence-electron chi connectivity index (χ2n) is 6.41.